The summed E-state index contributed by atoms with van der Waals surface area (Å²) in [5.41, 5.74) is 0. The van der Waals surface area contributed by atoms with E-state index in [-0.39, 0.29) is 0 Å². The Bertz CT molecular complexity index is 283. The Morgan fingerprint density at radius 1 is 1.21 bits per heavy atom. The van der Waals surface area contributed by atoms with Crippen molar-refractivity contribution in [3.05, 3.63) is 0 Å². The molecule has 0 aromatic carbocycles. The smallest absolute Gasteiger partial charge is 0.236 e. The van der Waals surface area contributed by atoms with Crippen LogP contribution in [-0.2, 0) is 4.79 Å². The summed E-state index contributed by atoms with van der Waals surface area (Å²) in [4.78, 5) is 16.6. The van der Waals surface area contributed by atoms with Crippen LogP contribution in [0.15, 0.2) is 0 Å². The van der Waals surface area contributed by atoms with Gasteiger partial charge in [0.25, 0.3) is 0 Å². The summed E-state index contributed by atoms with van der Waals surface area (Å²) in [5.74, 6) is 0.338. The summed E-state index contributed by atoms with van der Waals surface area (Å²) in [6.07, 6.45) is 5.99. The first-order valence-corrected chi connectivity index (χ1v) is 7.99. The first kappa shape index (κ1) is 14.8. The third-order valence-corrected chi connectivity index (χ3v) is 4.28. The summed E-state index contributed by atoms with van der Waals surface area (Å²) in [5, 5.41) is 3.59. The van der Waals surface area contributed by atoms with Gasteiger partial charge in [0.1, 0.15) is 0 Å². The highest BCUT2D eigenvalue weighted by molar-refractivity contribution is 5.78. The molecular formula is C15H29N3O. The average Bonchev–Trinajstić information content (AvgIpc) is 3.23. The van der Waals surface area contributed by atoms with Crippen molar-refractivity contribution in [2.75, 3.05) is 32.7 Å². The molecule has 0 radical (unpaired) electrons. The van der Waals surface area contributed by atoms with Crippen molar-refractivity contribution in [3.8, 4) is 0 Å². The Labute approximate surface area is 117 Å². The van der Waals surface area contributed by atoms with Crippen LogP contribution in [0.1, 0.15) is 46.0 Å². The predicted octanol–water partition coefficient (Wildman–Crippen LogP) is 1.46. The standard InChI is InChI=1S/C15H29N3O/c1-3-9-16-13-7-10-17(11-8-13)12-15(19)18(4-2)14-5-6-14/h13-14,16H,3-12H2,1-2H3. The van der Waals surface area contributed by atoms with Crippen molar-refractivity contribution < 1.29 is 4.79 Å². The first-order valence-electron chi connectivity index (χ1n) is 7.99. The van der Waals surface area contributed by atoms with E-state index in [1.54, 1.807) is 0 Å². The number of carbonyl (C=O) groups is 1. The van der Waals surface area contributed by atoms with Crippen molar-refractivity contribution >= 4 is 5.91 Å². The maximum Gasteiger partial charge on any atom is 0.236 e. The topological polar surface area (TPSA) is 35.6 Å². The average molecular weight is 267 g/mol. The number of amides is 1. The molecule has 1 saturated heterocycles. The van der Waals surface area contributed by atoms with Crippen LogP contribution in [0, 0.1) is 0 Å². The van der Waals surface area contributed by atoms with E-state index in [2.05, 4.69) is 29.0 Å². The van der Waals surface area contributed by atoms with Crippen LogP contribution in [0.2, 0.25) is 0 Å². The van der Waals surface area contributed by atoms with Gasteiger partial charge in [-0.2, -0.15) is 0 Å². The monoisotopic (exact) mass is 267 g/mol. The number of likely N-dealkylation sites (tertiary alicyclic amines) is 1. The molecule has 0 unspecified atom stereocenters. The molecule has 0 spiro atoms. The van der Waals surface area contributed by atoms with Crippen LogP contribution in [0.25, 0.3) is 0 Å². The number of likely N-dealkylation sites (N-methyl/N-ethyl adjacent to an activating group) is 1. The predicted molar refractivity (Wildman–Crippen MR) is 78.2 cm³/mol. The maximum atomic E-state index is 12.2. The van der Waals surface area contributed by atoms with E-state index in [9.17, 15) is 4.79 Å². The molecule has 1 amide bonds. The molecule has 2 aliphatic rings. The molecule has 1 aliphatic carbocycles. The van der Waals surface area contributed by atoms with Crippen LogP contribution < -0.4 is 5.32 Å². The van der Waals surface area contributed by atoms with Crippen LogP contribution in [-0.4, -0.2) is 60.5 Å². The second kappa shape index (κ2) is 7.25. The fourth-order valence-electron chi connectivity index (χ4n) is 2.95. The molecular weight excluding hydrogens is 238 g/mol. The third kappa shape index (κ3) is 4.46. The number of rotatable bonds is 7. The number of carbonyl (C=O) groups excluding carboxylic acids is 1. The number of nitrogens with zero attached hydrogens (tertiary/aromatic N) is 2. The van der Waals surface area contributed by atoms with Gasteiger partial charge in [-0.25, -0.2) is 0 Å². The van der Waals surface area contributed by atoms with Gasteiger partial charge in [0.05, 0.1) is 6.54 Å². The summed E-state index contributed by atoms with van der Waals surface area (Å²) in [6.45, 7) is 9.05. The molecule has 0 aromatic heterocycles. The van der Waals surface area contributed by atoms with Gasteiger partial charge in [-0.15, -0.1) is 0 Å². The molecule has 19 heavy (non-hydrogen) atoms. The molecule has 2 fully saturated rings. The van der Waals surface area contributed by atoms with Gasteiger partial charge in [-0.3, -0.25) is 9.69 Å². The number of piperidine rings is 1. The van der Waals surface area contributed by atoms with Gasteiger partial charge < -0.3 is 10.2 Å². The summed E-state index contributed by atoms with van der Waals surface area (Å²) in [7, 11) is 0. The van der Waals surface area contributed by atoms with Gasteiger partial charge in [-0.1, -0.05) is 6.92 Å². The summed E-state index contributed by atoms with van der Waals surface area (Å²) < 4.78 is 0. The van der Waals surface area contributed by atoms with Crippen LogP contribution in [0.5, 0.6) is 0 Å². The van der Waals surface area contributed by atoms with Crippen molar-refractivity contribution in [1.82, 2.24) is 15.1 Å². The zero-order valence-electron chi connectivity index (χ0n) is 12.5. The van der Waals surface area contributed by atoms with Crippen molar-refractivity contribution in [2.45, 2.75) is 58.0 Å². The van der Waals surface area contributed by atoms with Crippen LogP contribution in [0.3, 0.4) is 0 Å². The molecule has 4 heteroatoms. The van der Waals surface area contributed by atoms with Crippen molar-refractivity contribution in [1.29, 1.82) is 0 Å². The van der Waals surface area contributed by atoms with E-state index in [1.807, 2.05) is 0 Å². The lowest BCUT2D eigenvalue weighted by molar-refractivity contribution is -0.133. The molecule has 1 saturated carbocycles. The lowest BCUT2D eigenvalue weighted by Gasteiger charge is -2.33. The number of hydrogen-bond donors (Lipinski definition) is 1. The fraction of sp³-hybridized carbons (Fsp3) is 0.933. The maximum absolute atomic E-state index is 12.2. The first-order chi connectivity index (χ1) is 9.24. The molecule has 2 rings (SSSR count). The van der Waals surface area contributed by atoms with Gasteiger partial charge >= 0.3 is 0 Å². The van der Waals surface area contributed by atoms with E-state index in [4.69, 9.17) is 0 Å². The second-order valence-corrected chi connectivity index (χ2v) is 5.92. The third-order valence-electron chi connectivity index (χ3n) is 4.28. The fourth-order valence-corrected chi connectivity index (χ4v) is 2.95. The zero-order chi connectivity index (χ0) is 13.7. The molecule has 4 nitrogen and oxygen atoms in total. The van der Waals surface area contributed by atoms with E-state index < -0.39 is 0 Å². The van der Waals surface area contributed by atoms with Crippen LogP contribution in [0.4, 0.5) is 0 Å². The van der Waals surface area contributed by atoms with Gasteiger partial charge in [0.15, 0.2) is 0 Å². The van der Waals surface area contributed by atoms with E-state index in [0.717, 1.165) is 26.2 Å². The molecule has 0 bridgehead atoms. The highest BCUT2D eigenvalue weighted by Crippen LogP contribution is 2.26. The largest absolute Gasteiger partial charge is 0.339 e. The molecule has 110 valence electrons. The van der Waals surface area contributed by atoms with E-state index in [1.165, 1.54) is 32.1 Å². The second-order valence-electron chi connectivity index (χ2n) is 5.92. The Hall–Kier alpha value is -0.610. The highest BCUT2D eigenvalue weighted by atomic mass is 16.2. The minimum absolute atomic E-state index is 0.338. The zero-order valence-corrected chi connectivity index (χ0v) is 12.5. The normalized spacial score (nSPS) is 21.6. The highest BCUT2D eigenvalue weighted by Gasteiger charge is 2.32. The number of hydrogen-bond acceptors (Lipinski definition) is 3. The quantitative estimate of drug-likeness (QED) is 0.758. The van der Waals surface area contributed by atoms with E-state index in [0.29, 0.717) is 24.5 Å². The molecule has 1 aliphatic heterocycles. The molecule has 0 atom stereocenters. The Morgan fingerprint density at radius 2 is 1.89 bits per heavy atom. The Morgan fingerprint density at radius 3 is 2.42 bits per heavy atom. The van der Waals surface area contributed by atoms with Gasteiger partial charge in [-0.05, 0) is 45.6 Å². The summed E-state index contributed by atoms with van der Waals surface area (Å²) in [6, 6.07) is 1.22. The number of nitrogens with one attached hydrogen (secondary N) is 1. The lowest BCUT2D eigenvalue weighted by Crippen LogP contribution is -2.47. The Kier molecular flexibility index (Phi) is 5.64. The molecule has 1 N–H and O–H groups in total. The van der Waals surface area contributed by atoms with E-state index >= 15 is 0 Å². The lowest BCUT2D eigenvalue weighted by atomic mass is 10.0. The summed E-state index contributed by atoms with van der Waals surface area (Å²) >= 11 is 0. The van der Waals surface area contributed by atoms with Crippen molar-refractivity contribution in [2.24, 2.45) is 0 Å². The van der Waals surface area contributed by atoms with Crippen molar-refractivity contribution in [3.63, 3.8) is 0 Å². The molecule has 1 heterocycles. The van der Waals surface area contributed by atoms with Crippen LogP contribution >= 0.6 is 0 Å². The molecule has 0 aromatic rings. The minimum Gasteiger partial charge on any atom is -0.339 e. The van der Waals surface area contributed by atoms with Gasteiger partial charge in [0.2, 0.25) is 5.91 Å². The SMILES string of the molecule is CCCNC1CCN(CC(=O)N(CC)C2CC2)CC1. The van der Waals surface area contributed by atoms with Gasteiger partial charge in [0, 0.05) is 31.7 Å². The Balaban J connectivity index is 1.68. The minimum atomic E-state index is 0.338.